The number of benzene rings is 2. The molecule has 1 aromatic heterocycles. The zero-order valence-electron chi connectivity index (χ0n) is 15.8. The maximum absolute atomic E-state index is 12.6. The summed E-state index contributed by atoms with van der Waals surface area (Å²) < 4.78 is 6.12. The predicted molar refractivity (Wildman–Crippen MR) is 110 cm³/mol. The summed E-state index contributed by atoms with van der Waals surface area (Å²) >= 11 is 5.84. The van der Waals surface area contributed by atoms with E-state index in [9.17, 15) is 14.4 Å². The number of carbonyl (C=O) groups excluding carboxylic acids is 2. The van der Waals surface area contributed by atoms with E-state index in [0.717, 1.165) is 16.3 Å². The van der Waals surface area contributed by atoms with Gasteiger partial charge in [0.15, 0.2) is 5.69 Å². The number of hydrogen-bond acceptors (Lipinski definition) is 5. The summed E-state index contributed by atoms with van der Waals surface area (Å²) in [5.74, 6) is -1.26. The van der Waals surface area contributed by atoms with Crippen molar-refractivity contribution in [3.05, 3.63) is 86.8 Å². The first-order valence-corrected chi connectivity index (χ1v) is 9.22. The van der Waals surface area contributed by atoms with E-state index in [0.29, 0.717) is 16.3 Å². The molecule has 0 saturated heterocycles. The summed E-state index contributed by atoms with van der Waals surface area (Å²) in [6.07, 6.45) is 0. The average Bonchev–Trinajstić information content (AvgIpc) is 2.69. The van der Waals surface area contributed by atoms with Gasteiger partial charge in [-0.1, -0.05) is 29.3 Å². The van der Waals surface area contributed by atoms with Crippen molar-refractivity contribution >= 4 is 29.2 Å². The topological polar surface area (TPSA) is 90.3 Å². The molecule has 2 aromatic carbocycles. The Kier molecular flexibility index (Phi) is 6.09. The smallest absolute Gasteiger partial charge is 0.360 e. The van der Waals surface area contributed by atoms with Crippen LogP contribution in [0.4, 0.5) is 5.69 Å². The monoisotopic (exact) mass is 411 g/mol. The summed E-state index contributed by atoms with van der Waals surface area (Å²) in [5.41, 5.74) is 1.10. The van der Waals surface area contributed by atoms with Crippen LogP contribution in [0.3, 0.4) is 0 Å². The molecule has 0 bridgehead atoms. The van der Waals surface area contributed by atoms with Crippen molar-refractivity contribution in [2.24, 2.45) is 0 Å². The zero-order chi connectivity index (χ0) is 21.0. The molecule has 0 radical (unpaired) electrons. The molecule has 8 heteroatoms. The highest BCUT2D eigenvalue weighted by molar-refractivity contribution is 6.30. The summed E-state index contributed by atoms with van der Waals surface area (Å²) in [5, 5.41) is 7.18. The molecule has 1 heterocycles. The lowest BCUT2D eigenvalue weighted by atomic mass is 10.2. The van der Waals surface area contributed by atoms with E-state index in [-0.39, 0.29) is 18.0 Å². The van der Waals surface area contributed by atoms with Gasteiger partial charge in [0.1, 0.15) is 0 Å². The lowest BCUT2D eigenvalue weighted by Gasteiger charge is -2.12. The molecule has 0 saturated carbocycles. The van der Waals surface area contributed by atoms with Gasteiger partial charge in [0.25, 0.3) is 11.5 Å². The van der Waals surface area contributed by atoms with E-state index in [2.05, 4.69) is 10.4 Å². The molecule has 0 fully saturated rings. The number of aromatic nitrogens is 2. The Labute approximate surface area is 171 Å². The van der Waals surface area contributed by atoms with Gasteiger partial charge in [-0.05, 0) is 50.2 Å². The molecule has 29 heavy (non-hydrogen) atoms. The van der Waals surface area contributed by atoms with Crippen molar-refractivity contribution in [2.45, 2.75) is 13.8 Å². The number of halogens is 1. The second kappa shape index (κ2) is 8.70. The highest BCUT2D eigenvalue weighted by atomic mass is 35.5. The largest absolute Gasteiger partial charge is 0.461 e. The second-order valence-electron chi connectivity index (χ2n) is 6.17. The number of rotatable bonds is 5. The van der Waals surface area contributed by atoms with Gasteiger partial charge >= 0.3 is 5.97 Å². The molecule has 7 nitrogen and oxygen atoms in total. The van der Waals surface area contributed by atoms with E-state index >= 15 is 0 Å². The van der Waals surface area contributed by atoms with Crippen LogP contribution in [0.5, 0.6) is 0 Å². The molecule has 0 aliphatic rings. The third-order valence-corrected chi connectivity index (χ3v) is 4.29. The first-order chi connectivity index (χ1) is 13.9. The van der Waals surface area contributed by atoms with Gasteiger partial charge in [-0.25, -0.2) is 4.79 Å². The molecule has 148 valence electrons. The molecule has 0 aliphatic carbocycles. The molecule has 0 atom stereocenters. The van der Waals surface area contributed by atoms with Crippen LogP contribution in [0.1, 0.15) is 33.3 Å². The maximum atomic E-state index is 12.6. The Bertz CT molecular complexity index is 1110. The van der Waals surface area contributed by atoms with Gasteiger partial charge < -0.3 is 10.1 Å². The SMILES string of the molecule is CCOC(=O)c1nn(-c2ccc(C)cc2)c(=O)cc1NC(=O)c1ccc(Cl)cc1. The minimum atomic E-state index is -0.750. The van der Waals surface area contributed by atoms with Crippen LogP contribution in [0.2, 0.25) is 5.02 Å². The van der Waals surface area contributed by atoms with Crippen LogP contribution in [-0.2, 0) is 4.74 Å². The highest BCUT2D eigenvalue weighted by Crippen LogP contribution is 2.16. The van der Waals surface area contributed by atoms with Crippen LogP contribution >= 0.6 is 11.6 Å². The Morgan fingerprint density at radius 3 is 2.38 bits per heavy atom. The highest BCUT2D eigenvalue weighted by Gasteiger charge is 2.20. The number of anilines is 1. The normalized spacial score (nSPS) is 10.4. The Balaban J connectivity index is 2.03. The fraction of sp³-hybridized carbons (Fsp3) is 0.143. The lowest BCUT2D eigenvalue weighted by molar-refractivity contribution is 0.0518. The molecule has 0 spiro atoms. The summed E-state index contributed by atoms with van der Waals surface area (Å²) in [4.78, 5) is 37.5. The van der Waals surface area contributed by atoms with Crippen LogP contribution in [0, 0.1) is 6.92 Å². The summed E-state index contributed by atoms with van der Waals surface area (Å²) in [6.45, 7) is 3.69. The predicted octanol–water partition coefficient (Wildman–Crippen LogP) is 3.62. The van der Waals surface area contributed by atoms with Gasteiger partial charge in [0, 0.05) is 16.7 Å². The van der Waals surface area contributed by atoms with E-state index < -0.39 is 17.4 Å². The Morgan fingerprint density at radius 1 is 1.10 bits per heavy atom. The van der Waals surface area contributed by atoms with Crippen molar-refractivity contribution in [2.75, 3.05) is 11.9 Å². The number of amides is 1. The zero-order valence-corrected chi connectivity index (χ0v) is 16.6. The molecular formula is C21H18ClN3O4. The van der Waals surface area contributed by atoms with Crippen molar-refractivity contribution in [1.82, 2.24) is 9.78 Å². The fourth-order valence-corrected chi connectivity index (χ4v) is 2.69. The van der Waals surface area contributed by atoms with Crippen molar-refractivity contribution in [3.63, 3.8) is 0 Å². The molecule has 1 amide bonds. The van der Waals surface area contributed by atoms with E-state index in [1.807, 2.05) is 19.1 Å². The minimum Gasteiger partial charge on any atom is -0.461 e. The summed E-state index contributed by atoms with van der Waals surface area (Å²) in [6, 6.07) is 14.4. The van der Waals surface area contributed by atoms with Crippen molar-refractivity contribution in [1.29, 1.82) is 0 Å². The van der Waals surface area contributed by atoms with Crippen molar-refractivity contribution in [3.8, 4) is 5.69 Å². The van der Waals surface area contributed by atoms with Gasteiger partial charge in [-0.3, -0.25) is 9.59 Å². The number of nitrogens with one attached hydrogen (secondary N) is 1. The summed E-state index contributed by atoms with van der Waals surface area (Å²) in [7, 11) is 0. The molecule has 0 unspecified atom stereocenters. The molecule has 0 aliphatic heterocycles. The standard InChI is InChI=1S/C21H18ClN3O4/c1-3-29-21(28)19-17(23-20(27)14-6-8-15(22)9-7-14)12-18(26)25(24-19)16-10-4-13(2)5-11-16/h4-12H,3H2,1-2H3,(H,23,27). The van der Waals surface area contributed by atoms with Crippen LogP contribution in [0.15, 0.2) is 59.4 Å². The van der Waals surface area contributed by atoms with Crippen molar-refractivity contribution < 1.29 is 14.3 Å². The minimum absolute atomic E-state index is 0.0308. The van der Waals surface area contributed by atoms with Gasteiger partial charge in [-0.2, -0.15) is 9.78 Å². The maximum Gasteiger partial charge on any atom is 0.360 e. The number of carbonyl (C=O) groups is 2. The molecule has 3 aromatic rings. The first-order valence-electron chi connectivity index (χ1n) is 8.84. The second-order valence-corrected chi connectivity index (χ2v) is 6.61. The number of nitrogens with zero attached hydrogens (tertiary/aromatic N) is 2. The average molecular weight is 412 g/mol. The van der Waals surface area contributed by atoms with Crippen LogP contribution in [-0.4, -0.2) is 28.3 Å². The van der Waals surface area contributed by atoms with E-state index in [4.69, 9.17) is 16.3 Å². The van der Waals surface area contributed by atoms with E-state index in [1.54, 1.807) is 31.2 Å². The van der Waals surface area contributed by atoms with Gasteiger partial charge in [0.05, 0.1) is 18.0 Å². The fourth-order valence-electron chi connectivity index (χ4n) is 2.57. The quantitative estimate of drug-likeness (QED) is 0.647. The first kappa shape index (κ1) is 20.3. The number of esters is 1. The third kappa shape index (κ3) is 4.70. The van der Waals surface area contributed by atoms with Gasteiger partial charge in [-0.15, -0.1) is 0 Å². The number of hydrogen-bond donors (Lipinski definition) is 1. The molecular weight excluding hydrogens is 394 g/mol. The Hall–Kier alpha value is -3.45. The van der Waals surface area contributed by atoms with E-state index in [1.165, 1.54) is 12.1 Å². The van der Waals surface area contributed by atoms with Gasteiger partial charge in [0.2, 0.25) is 0 Å². The Morgan fingerprint density at radius 2 is 1.76 bits per heavy atom. The number of ether oxygens (including phenoxy) is 1. The molecule has 1 N–H and O–H groups in total. The third-order valence-electron chi connectivity index (χ3n) is 4.03. The van der Waals surface area contributed by atoms with Crippen LogP contribution in [0.25, 0.3) is 5.69 Å². The number of aryl methyl sites for hydroxylation is 1. The lowest BCUT2D eigenvalue weighted by Crippen LogP contribution is -2.27. The molecule has 3 rings (SSSR count). The van der Waals surface area contributed by atoms with Crippen LogP contribution < -0.4 is 10.9 Å².